The number of thioether (sulfide) groups is 1. The van der Waals surface area contributed by atoms with Crippen LogP contribution in [0.5, 0.6) is 0 Å². The summed E-state index contributed by atoms with van der Waals surface area (Å²) in [7, 11) is 0. The minimum Gasteiger partial charge on any atom is -0.479 e. The van der Waals surface area contributed by atoms with Gasteiger partial charge in [-0.1, -0.05) is 6.07 Å². The van der Waals surface area contributed by atoms with Crippen LogP contribution in [0.2, 0.25) is 0 Å². The van der Waals surface area contributed by atoms with Crippen molar-refractivity contribution >= 4 is 17.7 Å². The molecule has 3 nitrogen and oxygen atoms in total. The van der Waals surface area contributed by atoms with E-state index in [0.29, 0.717) is 4.90 Å². The molecule has 0 spiro atoms. The molecule has 0 saturated heterocycles. The minimum atomic E-state index is -1.79. The molecule has 82 valence electrons. The maximum atomic E-state index is 12.8. The highest BCUT2D eigenvalue weighted by Crippen LogP contribution is 2.23. The Kier molecular flexibility index (Phi) is 3.71. The van der Waals surface area contributed by atoms with E-state index in [9.17, 15) is 14.3 Å². The number of hydrogen-bond donors (Lipinski definition) is 2. The number of aliphatic carboxylic acids is 1. The summed E-state index contributed by atoms with van der Waals surface area (Å²) in [4.78, 5) is 11.2. The van der Waals surface area contributed by atoms with Gasteiger partial charge in [0, 0.05) is 10.6 Å². The van der Waals surface area contributed by atoms with Gasteiger partial charge in [-0.05, 0) is 25.1 Å². The summed E-state index contributed by atoms with van der Waals surface area (Å²) < 4.78 is 12.8. The summed E-state index contributed by atoms with van der Waals surface area (Å²) in [5, 5.41) is 18.0. The van der Waals surface area contributed by atoms with Gasteiger partial charge in [0.1, 0.15) is 5.82 Å². The second-order valence-electron chi connectivity index (χ2n) is 3.33. The molecule has 0 heterocycles. The zero-order valence-electron chi connectivity index (χ0n) is 8.11. The number of aliphatic hydroxyl groups is 1. The summed E-state index contributed by atoms with van der Waals surface area (Å²) in [5.41, 5.74) is -1.79. The highest BCUT2D eigenvalue weighted by atomic mass is 32.2. The van der Waals surface area contributed by atoms with E-state index >= 15 is 0 Å². The predicted molar refractivity (Wildman–Crippen MR) is 55.4 cm³/mol. The monoisotopic (exact) mass is 230 g/mol. The lowest BCUT2D eigenvalue weighted by Crippen LogP contribution is -2.37. The zero-order chi connectivity index (χ0) is 11.5. The van der Waals surface area contributed by atoms with Crippen molar-refractivity contribution < 1.29 is 19.4 Å². The van der Waals surface area contributed by atoms with Gasteiger partial charge in [-0.25, -0.2) is 9.18 Å². The van der Waals surface area contributed by atoms with Gasteiger partial charge in [0.2, 0.25) is 0 Å². The second kappa shape index (κ2) is 4.63. The van der Waals surface area contributed by atoms with Gasteiger partial charge in [-0.2, -0.15) is 0 Å². The third-order valence-corrected chi connectivity index (χ3v) is 3.07. The molecule has 0 aliphatic rings. The van der Waals surface area contributed by atoms with E-state index in [-0.39, 0.29) is 11.6 Å². The third kappa shape index (κ3) is 3.53. The Morgan fingerprint density at radius 2 is 2.27 bits per heavy atom. The van der Waals surface area contributed by atoms with E-state index in [2.05, 4.69) is 0 Å². The van der Waals surface area contributed by atoms with Gasteiger partial charge in [-0.15, -0.1) is 11.8 Å². The van der Waals surface area contributed by atoms with E-state index in [1.54, 1.807) is 6.07 Å². The first-order valence-corrected chi connectivity index (χ1v) is 5.24. The second-order valence-corrected chi connectivity index (χ2v) is 4.37. The molecule has 0 radical (unpaired) electrons. The maximum Gasteiger partial charge on any atom is 0.336 e. The van der Waals surface area contributed by atoms with Crippen LogP contribution in [0.3, 0.4) is 0 Å². The highest BCUT2D eigenvalue weighted by Gasteiger charge is 2.29. The molecular weight excluding hydrogens is 219 g/mol. The van der Waals surface area contributed by atoms with E-state index < -0.39 is 11.6 Å². The van der Waals surface area contributed by atoms with Gasteiger partial charge >= 0.3 is 5.97 Å². The van der Waals surface area contributed by atoms with Crippen LogP contribution in [-0.4, -0.2) is 27.5 Å². The standard InChI is InChI=1S/C10H11FO3S/c1-10(14,9(12)13)6-15-8-4-2-3-7(11)5-8/h2-5,14H,6H2,1H3,(H,12,13). The molecule has 15 heavy (non-hydrogen) atoms. The number of carboxylic acids is 1. The van der Waals surface area contributed by atoms with Crippen molar-refractivity contribution in [2.45, 2.75) is 17.4 Å². The zero-order valence-corrected chi connectivity index (χ0v) is 8.92. The largest absolute Gasteiger partial charge is 0.479 e. The quantitative estimate of drug-likeness (QED) is 0.774. The van der Waals surface area contributed by atoms with Crippen molar-refractivity contribution in [2.75, 3.05) is 5.75 Å². The molecule has 0 aromatic heterocycles. The van der Waals surface area contributed by atoms with Crippen molar-refractivity contribution in [1.82, 2.24) is 0 Å². The third-order valence-electron chi connectivity index (χ3n) is 1.78. The number of carbonyl (C=O) groups is 1. The maximum absolute atomic E-state index is 12.8. The fraction of sp³-hybridized carbons (Fsp3) is 0.300. The topological polar surface area (TPSA) is 57.5 Å². The molecule has 1 rings (SSSR count). The Morgan fingerprint density at radius 1 is 1.60 bits per heavy atom. The van der Waals surface area contributed by atoms with Crippen molar-refractivity contribution in [3.8, 4) is 0 Å². The van der Waals surface area contributed by atoms with Crippen LogP contribution >= 0.6 is 11.8 Å². The molecule has 0 amide bonds. The number of carboxylic acid groups (broad SMARTS) is 1. The van der Waals surface area contributed by atoms with E-state index in [1.165, 1.54) is 25.1 Å². The van der Waals surface area contributed by atoms with Crippen molar-refractivity contribution in [1.29, 1.82) is 0 Å². The van der Waals surface area contributed by atoms with Crippen LogP contribution in [0.1, 0.15) is 6.92 Å². The normalized spacial score (nSPS) is 14.6. The van der Waals surface area contributed by atoms with Crippen molar-refractivity contribution in [3.63, 3.8) is 0 Å². The number of hydrogen-bond acceptors (Lipinski definition) is 3. The van der Waals surface area contributed by atoms with Crippen LogP contribution < -0.4 is 0 Å². The van der Waals surface area contributed by atoms with Crippen LogP contribution in [0.4, 0.5) is 4.39 Å². The first kappa shape index (κ1) is 12.0. The fourth-order valence-electron chi connectivity index (χ4n) is 0.842. The first-order valence-electron chi connectivity index (χ1n) is 4.26. The molecule has 0 aliphatic carbocycles. The fourth-order valence-corrected chi connectivity index (χ4v) is 1.78. The average Bonchev–Trinajstić information content (AvgIpc) is 2.15. The highest BCUT2D eigenvalue weighted by molar-refractivity contribution is 7.99. The Morgan fingerprint density at radius 3 is 2.80 bits per heavy atom. The van der Waals surface area contributed by atoms with Gasteiger partial charge in [-0.3, -0.25) is 0 Å². The molecule has 0 saturated carbocycles. The summed E-state index contributed by atoms with van der Waals surface area (Å²) in [6.07, 6.45) is 0. The summed E-state index contributed by atoms with van der Waals surface area (Å²) in [6, 6.07) is 5.79. The lowest BCUT2D eigenvalue weighted by molar-refractivity contribution is -0.154. The van der Waals surface area contributed by atoms with Crippen LogP contribution in [-0.2, 0) is 4.79 Å². The minimum absolute atomic E-state index is 0.0220. The Bertz CT molecular complexity index is 365. The first-order chi connectivity index (χ1) is 6.92. The summed E-state index contributed by atoms with van der Waals surface area (Å²) in [5.74, 6) is -1.69. The van der Waals surface area contributed by atoms with E-state index in [4.69, 9.17) is 5.11 Å². The van der Waals surface area contributed by atoms with E-state index in [0.717, 1.165) is 11.8 Å². The molecule has 0 bridgehead atoms. The molecule has 1 aromatic rings. The molecular formula is C10H11FO3S. The Hall–Kier alpha value is -1.07. The van der Waals surface area contributed by atoms with Crippen LogP contribution in [0.25, 0.3) is 0 Å². The van der Waals surface area contributed by atoms with Crippen molar-refractivity contribution in [2.24, 2.45) is 0 Å². The Labute approximate surface area is 90.9 Å². The predicted octanol–water partition coefficient (Wildman–Crippen LogP) is 1.75. The SMILES string of the molecule is CC(O)(CSc1cccc(F)c1)C(=O)O. The summed E-state index contributed by atoms with van der Waals surface area (Å²) in [6.45, 7) is 1.21. The Balaban J connectivity index is 2.61. The van der Waals surface area contributed by atoms with Gasteiger partial charge in [0.05, 0.1) is 0 Å². The van der Waals surface area contributed by atoms with Gasteiger partial charge < -0.3 is 10.2 Å². The molecule has 5 heteroatoms. The molecule has 0 fully saturated rings. The smallest absolute Gasteiger partial charge is 0.336 e. The number of benzene rings is 1. The molecule has 0 aliphatic heterocycles. The number of halogens is 1. The summed E-state index contributed by atoms with van der Waals surface area (Å²) >= 11 is 1.10. The van der Waals surface area contributed by atoms with Gasteiger partial charge in [0.15, 0.2) is 5.60 Å². The lowest BCUT2D eigenvalue weighted by atomic mass is 10.1. The van der Waals surface area contributed by atoms with Crippen LogP contribution in [0.15, 0.2) is 29.2 Å². The lowest BCUT2D eigenvalue weighted by Gasteiger charge is -2.16. The van der Waals surface area contributed by atoms with Gasteiger partial charge in [0.25, 0.3) is 0 Å². The van der Waals surface area contributed by atoms with E-state index in [1.807, 2.05) is 0 Å². The number of rotatable bonds is 4. The molecule has 1 atom stereocenters. The average molecular weight is 230 g/mol. The molecule has 1 unspecified atom stereocenters. The van der Waals surface area contributed by atoms with Crippen LogP contribution in [0, 0.1) is 5.82 Å². The van der Waals surface area contributed by atoms with Crippen molar-refractivity contribution in [3.05, 3.63) is 30.1 Å². The molecule has 2 N–H and O–H groups in total. The molecule has 1 aromatic carbocycles.